The van der Waals surface area contributed by atoms with Crippen molar-refractivity contribution >= 4 is 10.9 Å². The van der Waals surface area contributed by atoms with E-state index >= 15 is 0 Å². The maximum absolute atomic E-state index is 13.4. The minimum Gasteiger partial charge on any atom is -0.358 e. The summed E-state index contributed by atoms with van der Waals surface area (Å²) in [6.45, 7) is 3.65. The van der Waals surface area contributed by atoms with Gasteiger partial charge in [0.1, 0.15) is 0 Å². The SMILES string of the molecule is CC(C)c1cc(=O)c2c(F)c(F)c(F)cc2[nH]1. The number of benzene rings is 1. The van der Waals surface area contributed by atoms with Gasteiger partial charge >= 0.3 is 0 Å². The lowest BCUT2D eigenvalue weighted by atomic mass is 10.1. The third-order valence-corrected chi connectivity index (χ3v) is 2.60. The lowest BCUT2D eigenvalue weighted by Gasteiger charge is -2.08. The number of aromatic nitrogens is 1. The highest BCUT2D eigenvalue weighted by Gasteiger charge is 2.17. The molecular formula is C12H10F3NO. The van der Waals surface area contributed by atoms with Crippen molar-refractivity contribution in [1.82, 2.24) is 4.98 Å². The van der Waals surface area contributed by atoms with E-state index in [1.54, 1.807) is 0 Å². The van der Waals surface area contributed by atoms with Gasteiger partial charge in [0.2, 0.25) is 0 Å². The second-order valence-corrected chi connectivity index (χ2v) is 4.15. The molecule has 0 aliphatic rings. The molecule has 0 bridgehead atoms. The second-order valence-electron chi connectivity index (χ2n) is 4.15. The fourth-order valence-corrected chi connectivity index (χ4v) is 1.65. The zero-order chi connectivity index (χ0) is 12.7. The lowest BCUT2D eigenvalue weighted by molar-refractivity contribution is 0.453. The van der Waals surface area contributed by atoms with Crippen LogP contribution in [0.5, 0.6) is 0 Å². The van der Waals surface area contributed by atoms with Crippen molar-refractivity contribution in [2.45, 2.75) is 19.8 Å². The average Bonchev–Trinajstić information content (AvgIpc) is 2.25. The molecule has 0 aliphatic heterocycles. The molecule has 17 heavy (non-hydrogen) atoms. The molecule has 2 rings (SSSR count). The van der Waals surface area contributed by atoms with E-state index < -0.39 is 28.3 Å². The fourth-order valence-electron chi connectivity index (χ4n) is 1.65. The molecule has 5 heteroatoms. The van der Waals surface area contributed by atoms with E-state index in [1.165, 1.54) is 6.07 Å². The predicted octanol–water partition coefficient (Wildman–Crippen LogP) is 3.07. The van der Waals surface area contributed by atoms with Crippen molar-refractivity contribution in [3.63, 3.8) is 0 Å². The van der Waals surface area contributed by atoms with Gasteiger partial charge in [-0.05, 0) is 5.92 Å². The van der Waals surface area contributed by atoms with Gasteiger partial charge in [-0.25, -0.2) is 13.2 Å². The Balaban J connectivity index is 2.92. The summed E-state index contributed by atoms with van der Waals surface area (Å²) in [6.07, 6.45) is 0. The Hall–Kier alpha value is -1.78. The first kappa shape index (κ1) is 11.7. The summed E-state index contributed by atoms with van der Waals surface area (Å²) in [7, 11) is 0. The Kier molecular flexibility index (Phi) is 2.69. The summed E-state index contributed by atoms with van der Waals surface area (Å²) in [5.74, 6) is -4.38. The number of hydrogen-bond donors (Lipinski definition) is 1. The Morgan fingerprint density at radius 3 is 2.35 bits per heavy atom. The summed E-state index contributed by atoms with van der Waals surface area (Å²) in [5.41, 5.74) is -0.135. The molecule has 0 saturated heterocycles. The van der Waals surface area contributed by atoms with Crippen molar-refractivity contribution in [2.24, 2.45) is 0 Å². The predicted molar refractivity (Wildman–Crippen MR) is 58.5 cm³/mol. The van der Waals surface area contributed by atoms with Gasteiger partial charge in [0, 0.05) is 17.8 Å². The molecule has 0 spiro atoms. The van der Waals surface area contributed by atoms with E-state index in [-0.39, 0.29) is 11.4 Å². The highest BCUT2D eigenvalue weighted by molar-refractivity contribution is 5.79. The largest absolute Gasteiger partial charge is 0.358 e. The average molecular weight is 241 g/mol. The molecule has 0 fully saturated rings. The van der Waals surface area contributed by atoms with Crippen LogP contribution < -0.4 is 5.43 Å². The van der Waals surface area contributed by atoms with E-state index in [2.05, 4.69) is 4.98 Å². The number of hydrogen-bond acceptors (Lipinski definition) is 1. The topological polar surface area (TPSA) is 32.9 Å². The number of aromatic amines is 1. The third-order valence-electron chi connectivity index (χ3n) is 2.60. The van der Waals surface area contributed by atoms with Crippen LogP contribution in [0.15, 0.2) is 16.9 Å². The van der Waals surface area contributed by atoms with Crippen LogP contribution in [-0.2, 0) is 0 Å². The molecule has 90 valence electrons. The molecule has 0 atom stereocenters. The van der Waals surface area contributed by atoms with E-state index in [1.807, 2.05) is 13.8 Å². The highest BCUT2D eigenvalue weighted by atomic mass is 19.2. The summed E-state index contributed by atoms with van der Waals surface area (Å²) in [4.78, 5) is 14.4. The molecule has 0 saturated carbocycles. The van der Waals surface area contributed by atoms with Crippen molar-refractivity contribution in [3.8, 4) is 0 Å². The van der Waals surface area contributed by atoms with E-state index in [4.69, 9.17) is 0 Å². The second kappa shape index (κ2) is 3.91. The van der Waals surface area contributed by atoms with Gasteiger partial charge in [-0.1, -0.05) is 13.8 Å². The summed E-state index contributed by atoms with van der Waals surface area (Å²) in [5, 5.41) is -0.451. The highest BCUT2D eigenvalue weighted by Crippen LogP contribution is 2.21. The van der Waals surface area contributed by atoms with Crippen molar-refractivity contribution < 1.29 is 13.2 Å². The van der Waals surface area contributed by atoms with Gasteiger partial charge in [0.15, 0.2) is 22.9 Å². The zero-order valence-corrected chi connectivity index (χ0v) is 9.27. The number of H-pyrrole nitrogens is 1. The van der Waals surface area contributed by atoms with Crippen LogP contribution in [0.1, 0.15) is 25.5 Å². The maximum atomic E-state index is 13.4. The number of pyridine rings is 1. The first-order valence-electron chi connectivity index (χ1n) is 5.12. The van der Waals surface area contributed by atoms with Crippen molar-refractivity contribution in [1.29, 1.82) is 0 Å². The number of rotatable bonds is 1. The first-order chi connectivity index (χ1) is 7.91. The molecule has 2 aromatic rings. The number of fused-ring (bicyclic) bond motifs is 1. The number of halogens is 3. The normalized spacial score (nSPS) is 11.4. The van der Waals surface area contributed by atoms with Crippen LogP contribution in [0.2, 0.25) is 0 Å². The Bertz CT molecular complexity index is 646. The molecule has 1 N–H and O–H groups in total. The third kappa shape index (κ3) is 1.81. The minimum absolute atomic E-state index is 0.00303. The Labute approximate surface area is 95.1 Å². The quantitative estimate of drug-likeness (QED) is 0.765. The molecule has 0 radical (unpaired) electrons. The summed E-state index contributed by atoms with van der Waals surface area (Å²) in [6, 6.07) is 1.99. The molecule has 0 aliphatic carbocycles. The molecule has 1 heterocycles. The van der Waals surface area contributed by atoms with Gasteiger partial charge in [0.25, 0.3) is 0 Å². The molecule has 1 aromatic carbocycles. The smallest absolute Gasteiger partial charge is 0.195 e. The Morgan fingerprint density at radius 2 is 1.76 bits per heavy atom. The van der Waals surface area contributed by atoms with Gasteiger partial charge < -0.3 is 4.98 Å². The lowest BCUT2D eigenvalue weighted by Crippen LogP contribution is -2.10. The van der Waals surface area contributed by atoms with E-state index in [9.17, 15) is 18.0 Å². The fraction of sp³-hybridized carbons (Fsp3) is 0.250. The van der Waals surface area contributed by atoms with Crippen LogP contribution in [0.25, 0.3) is 10.9 Å². The monoisotopic (exact) mass is 241 g/mol. The minimum atomic E-state index is -1.62. The summed E-state index contributed by atoms with van der Waals surface area (Å²) >= 11 is 0. The zero-order valence-electron chi connectivity index (χ0n) is 9.27. The van der Waals surface area contributed by atoms with Gasteiger partial charge in [-0.3, -0.25) is 4.79 Å². The maximum Gasteiger partial charge on any atom is 0.195 e. The van der Waals surface area contributed by atoms with Gasteiger partial charge in [0.05, 0.1) is 10.9 Å². The molecule has 1 aromatic heterocycles. The molecular weight excluding hydrogens is 231 g/mol. The van der Waals surface area contributed by atoms with Crippen LogP contribution in [0.4, 0.5) is 13.2 Å². The first-order valence-corrected chi connectivity index (χ1v) is 5.12. The van der Waals surface area contributed by atoms with Crippen LogP contribution >= 0.6 is 0 Å². The molecule has 0 unspecified atom stereocenters. The van der Waals surface area contributed by atoms with Crippen LogP contribution in [0.3, 0.4) is 0 Å². The summed E-state index contributed by atoms with van der Waals surface area (Å²) < 4.78 is 39.5. The van der Waals surface area contributed by atoms with Crippen molar-refractivity contribution in [3.05, 3.63) is 45.5 Å². The van der Waals surface area contributed by atoms with Gasteiger partial charge in [-0.15, -0.1) is 0 Å². The van der Waals surface area contributed by atoms with Crippen LogP contribution in [-0.4, -0.2) is 4.98 Å². The van der Waals surface area contributed by atoms with E-state index in [0.717, 1.165) is 6.07 Å². The van der Waals surface area contributed by atoms with E-state index in [0.29, 0.717) is 5.69 Å². The standard InChI is InChI=1S/C12H10F3NO/c1-5(2)7-4-9(17)10-8(16-7)3-6(13)11(14)12(10)15/h3-5H,1-2H3,(H,16,17). The van der Waals surface area contributed by atoms with Gasteiger partial charge in [-0.2, -0.15) is 0 Å². The van der Waals surface area contributed by atoms with Crippen molar-refractivity contribution in [2.75, 3.05) is 0 Å². The molecule has 0 amide bonds. The van der Waals surface area contributed by atoms with Crippen LogP contribution in [0, 0.1) is 17.5 Å². The molecule has 2 nitrogen and oxygen atoms in total. The Morgan fingerprint density at radius 1 is 1.12 bits per heavy atom. The number of nitrogens with one attached hydrogen (secondary N) is 1.